The highest BCUT2D eigenvalue weighted by molar-refractivity contribution is 5.76. The summed E-state index contributed by atoms with van der Waals surface area (Å²) in [5.41, 5.74) is 0.318. The Morgan fingerprint density at radius 1 is 1.52 bits per heavy atom. The molecule has 0 heterocycles. The SMILES string of the molecule is COc1ccc(C#N)c(NC2CCCCC2(C)C(=O)O)c1. The minimum atomic E-state index is -0.811. The van der Waals surface area contributed by atoms with Crippen LogP contribution in [0.3, 0.4) is 0 Å². The first-order chi connectivity index (χ1) is 10.0. The van der Waals surface area contributed by atoms with Gasteiger partial charge in [-0.2, -0.15) is 5.26 Å². The number of rotatable bonds is 4. The quantitative estimate of drug-likeness (QED) is 0.890. The van der Waals surface area contributed by atoms with Gasteiger partial charge in [0.25, 0.3) is 0 Å². The third kappa shape index (κ3) is 2.94. The lowest BCUT2D eigenvalue weighted by atomic mass is 9.71. The van der Waals surface area contributed by atoms with Crippen molar-refractivity contribution in [3.8, 4) is 11.8 Å². The monoisotopic (exact) mass is 288 g/mol. The molecule has 0 saturated heterocycles. The molecule has 0 aromatic heterocycles. The predicted octanol–water partition coefficient (Wildman–Crippen LogP) is 3.01. The highest BCUT2D eigenvalue weighted by Gasteiger charge is 2.43. The van der Waals surface area contributed by atoms with E-state index in [-0.39, 0.29) is 6.04 Å². The topological polar surface area (TPSA) is 82.3 Å². The number of hydrogen-bond donors (Lipinski definition) is 2. The van der Waals surface area contributed by atoms with Crippen LogP contribution in [0.2, 0.25) is 0 Å². The van der Waals surface area contributed by atoms with E-state index in [4.69, 9.17) is 4.74 Å². The highest BCUT2D eigenvalue weighted by Crippen LogP contribution is 2.39. The first kappa shape index (κ1) is 15.2. The maximum Gasteiger partial charge on any atom is 0.311 e. The van der Waals surface area contributed by atoms with Crippen LogP contribution >= 0.6 is 0 Å². The molecule has 2 atom stereocenters. The summed E-state index contributed by atoms with van der Waals surface area (Å²) >= 11 is 0. The molecule has 5 nitrogen and oxygen atoms in total. The largest absolute Gasteiger partial charge is 0.497 e. The molecular formula is C16H20N2O3. The van der Waals surface area contributed by atoms with E-state index >= 15 is 0 Å². The van der Waals surface area contributed by atoms with Gasteiger partial charge in [0.05, 0.1) is 23.8 Å². The van der Waals surface area contributed by atoms with Crippen molar-refractivity contribution < 1.29 is 14.6 Å². The third-order valence-electron chi connectivity index (χ3n) is 4.37. The number of nitrogens with one attached hydrogen (secondary N) is 1. The average Bonchev–Trinajstić information content (AvgIpc) is 2.49. The molecule has 0 aliphatic heterocycles. The maximum absolute atomic E-state index is 11.6. The van der Waals surface area contributed by atoms with E-state index in [9.17, 15) is 15.2 Å². The van der Waals surface area contributed by atoms with Crippen LogP contribution in [0.25, 0.3) is 0 Å². The molecule has 1 fully saturated rings. The van der Waals surface area contributed by atoms with Crippen molar-refractivity contribution in [2.45, 2.75) is 38.6 Å². The molecule has 2 unspecified atom stereocenters. The lowest BCUT2D eigenvalue weighted by molar-refractivity contribution is -0.150. The molecule has 21 heavy (non-hydrogen) atoms. The summed E-state index contributed by atoms with van der Waals surface area (Å²) in [5, 5.41) is 22.0. The van der Waals surface area contributed by atoms with E-state index in [0.29, 0.717) is 23.4 Å². The maximum atomic E-state index is 11.6. The number of carboxylic acid groups (broad SMARTS) is 1. The smallest absolute Gasteiger partial charge is 0.311 e. The van der Waals surface area contributed by atoms with Crippen LogP contribution in [0, 0.1) is 16.7 Å². The Hall–Kier alpha value is -2.22. The number of aliphatic carboxylic acids is 1. The standard InChI is InChI=1S/C16H20N2O3/c1-16(15(19)20)8-4-3-5-14(16)18-13-9-12(21-2)7-6-11(13)10-17/h6-7,9,14,18H,3-5,8H2,1-2H3,(H,19,20). The van der Waals surface area contributed by atoms with Gasteiger partial charge in [0, 0.05) is 12.1 Å². The van der Waals surface area contributed by atoms with Crippen LogP contribution in [0.5, 0.6) is 5.75 Å². The van der Waals surface area contributed by atoms with Crippen LogP contribution < -0.4 is 10.1 Å². The minimum Gasteiger partial charge on any atom is -0.497 e. The molecule has 1 aliphatic carbocycles. The number of hydrogen-bond acceptors (Lipinski definition) is 4. The fraction of sp³-hybridized carbons (Fsp3) is 0.500. The Morgan fingerprint density at radius 3 is 2.90 bits per heavy atom. The number of carbonyl (C=O) groups is 1. The summed E-state index contributed by atoms with van der Waals surface area (Å²) in [7, 11) is 1.56. The van der Waals surface area contributed by atoms with Gasteiger partial charge >= 0.3 is 5.97 Å². The van der Waals surface area contributed by atoms with Crippen LogP contribution in [-0.4, -0.2) is 24.2 Å². The summed E-state index contributed by atoms with van der Waals surface area (Å²) in [6.07, 6.45) is 3.34. The second-order valence-corrected chi connectivity index (χ2v) is 5.69. The third-order valence-corrected chi connectivity index (χ3v) is 4.37. The summed E-state index contributed by atoms with van der Waals surface area (Å²) in [4.78, 5) is 11.6. The summed E-state index contributed by atoms with van der Waals surface area (Å²) in [6.45, 7) is 1.78. The Labute approximate surface area is 124 Å². The van der Waals surface area contributed by atoms with Gasteiger partial charge in [-0.25, -0.2) is 0 Å². The molecule has 2 N–H and O–H groups in total. The minimum absolute atomic E-state index is 0.192. The van der Waals surface area contributed by atoms with Crippen molar-refractivity contribution in [3.63, 3.8) is 0 Å². The lowest BCUT2D eigenvalue weighted by Crippen LogP contribution is -2.46. The van der Waals surface area contributed by atoms with Gasteiger partial charge in [-0.15, -0.1) is 0 Å². The average molecular weight is 288 g/mol. The number of benzene rings is 1. The number of nitrogens with zero attached hydrogens (tertiary/aromatic N) is 1. The second kappa shape index (κ2) is 6.04. The molecule has 2 rings (SSSR count). The Balaban J connectivity index is 2.31. The van der Waals surface area contributed by atoms with E-state index < -0.39 is 11.4 Å². The predicted molar refractivity (Wildman–Crippen MR) is 79.3 cm³/mol. The highest BCUT2D eigenvalue weighted by atomic mass is 16.5. The summed E-state index contributed by atoms with van der Waals surface area (Å²) in [5.74, 6) is -0.148. The molecule has 0 spiro atoms. The van der Waals surface area contributed by atoms with Crippen molar-refractivity contribution in [2.24, 2.45) is 5.41 Å². The van der Waals surface area contributed by atoms with Crippen molar-refractivity contribution in [1.29, 1.82) is 5.26 Å². The van der Waals surface area contributed by atoms with Gasteiger partial charge in [-0.1, -0.05) is 12.8 Å². The normalized spacial score (nSPS) is 24.9. The molecule has 1 saturated carbocycles. The van der Waals surface area contributed by atoms with Gasteiger partial charge in [-0.3, -0.25) is 4.79 Å². The van der Waals surface area contributed by atoms with Crippen LogP contribution in [0.4, 0.5) is 5.69 Å². The van der Waals surface area contributed by atoms with E-state index in [1.54, 1.807) is 32.2 Å². The van der Waals surface area contributed by atoms with Gasteiger partial charge in [-0.05, 0) is 31.9 Å². The van der Waals surface area contributed by atoms with Crippen LogP contribution in [0.1, 0.15) is 38.2 Å². The van der Waals surface area contributed by atoms with Crippen molar-refractivity contribution in [3.05, 3.63) is 23.8 Å². The Bertz CT molecular complexity index is 579. The van der Waals surface area contributed by atoms with Gasteiger partial charge in [0.1, 0.15) is 11.8 Å². The Kier molecular flexibility index (Phi) is 4.37. The lowest BCUT2D eigenvalue weighted by Gasteiger charge is -2.39. The van der Waals surface area contributed by atoms with Crippen molar-refractivity contribution in [2.75, 3.05) is 12.4 Å². The molecule has 5 heteroatoms. The van der Waals surface area contributed by atoms with E-state index in [1.165, 1.54) is 0 Å². The molecule has 0 bridgehead atoms. The number of nitriles is 1. The van der Waals surface area contributed by atoms with Crippen molar-refractivity contribution in [1.82, 2.24) is 0 Å². The van der Waals surface area contributed by atoms with Gasteiger partial charge < -0.3 is 15.2 Å². The van der Waals surface area contributed by atoms with Gasteiger partial charge in [0.2, 0.25) is 0 Å². The number of carboxylic acids is 1. The zero-order valence-corrected chi connectivity index (χ0v) is 12.3. The first-order valence-electron chi connectivity index (χ1n) is 7.09. The van der Waals surface area contributed by atoms with E-state index in [1.807, 2.05) is 0 Å². The number of anilines is 1. The zero-order chi connectivity index (χ0) is 15.5. The molecule has 1 aromatic carbocycles. The number of methoxy groups -OCH3 is 1. The molecule has 0 radical (unpaired) electrons. The Morgan fingerprint density at radius 2 is 2.29 bits per heavy atom. The van der Waals surface area contributed by atoms with Crippen LogP contribution in [-0.2, 0) is 4.79 Å². The molecule has 1 aromatic rings. The number of ether oxygens (including phenoxy) is 1. The fourth-order valence-corrected chi connectivity index (χ4v) is 2.88. The summed E-state index contributed by atoms with van der Waals surface area (Å²) < 4.78 is 5.18. The molecule has 112 valence electrons. The van der Waals surface area contributed by atoms with Crippen LogP contribution in [0.15, 0.2) is 18.2 Å². The zero-order valence-electron chi connectivity index (χ0n) is 12.3. The second-order valence-electron chi connectivity index (χ2n) is 5.69. The van der Waals surface area contributed by atoms with E-state index in [0.717, 1.165) is 19.3 Å². The molecule has 0 amide bonds. The van der Waals surface area contributed by atoms with E-state index in [2.05, 4.69) is 11.4 Å². The molecule has 1 aliphatic rings. The fourth-order valence-electron chi connectivity index (χ4n) is 2.88. The summed E-state index contributed by atoms with van der Waals surface area (Å²) in [6, 6.07) is 7.09. The van der Waals surface area contributed by atoms with Crippen molar-refractivity contribution >= 4 is 11.7 Å². The first-order valence-corrected chi connectivity index (χ1v) is 7.09. The van der Waals surface area contributed by atoms with Gasteiger partial charge in [0.15, 0.2) is 0 Å². The molecular weight excluding hydrogens is 268 g/mol.